The molecule has 2 aliphatic rings. The highest BCUT2D eigenvalue weighted by atomic mass is 32.1. The minimum Gasteiger partial charge on any atom is -0.503 e. The topological polar surface area (TPSA) is 71.3 Å². The molecule has 29 heavy (non-hydrogen) atoms. The van der Waals surface area contributed by atoms with Crippen molar-refractivity contribution in [2.45, 2.75) is 6.04 Å². The smallest absolute Gasteiger partial charge is 0.290 e. The molecular weight excluding hydrogens is 395 g/mol. The molecule has 0 spiro atoms. The third kappa shape index (κ3) is 3.96. The standard InChI is InChI=1S/C21H21FN2O4S/c22-15-5-3-14(4-6-15)18-17(19(25)16-2-1-13-29-16)20(26)21(27)24(18)8-7-23-9-11-28-12-10-23/h1-6,13,18,26H,7-12H2/p+1/t18-/m0/s1. The summed E-state index contributed by atoms with van der Waals surface area (Å²) in [6.45, 7) is 4.11. The molecule has 152 valence electrons. The van der Waals surface area contributed by atoms with Crippen LogP contribution in [0.3, 0.4) is 0 Å². The van der Waals surface area contributed by atoms with Gasteiger partial charge in [0, 0.05) is 0 Å². The van der Waals surface area contributed by atoms with Gasteiger partial charge in [-0.3, -0.25) is 9.59 Å². The Balaban J connectivity index is 1.66. The molecule has 0 unspecified atom stereocenters. The molecule has 8 heteroatoms. The van der Waals surface area contributed by atoms with Crippen molar-refractivity contribution in [3.63, 3.8) is 0 Å². The lowest BCUT2D eigenvalue weighted by molar-refractivity contribution is -0.907. The van der Waals surface area contributed by atoms with Crippen LogP contribution in [-0.2, 0) is 9.53 Å². The van der Waals surface area contributed by atoms with Gasteiger partial charge in [0.15, 0.2) is 5.76 Å². The molecule has 0 radical (unpaired) electrons. The molecule has 6 nitrogen and oxygen atoms in total. The molecule has 2 aliphatic heterocycles. The van der Waals surface area contributed by atoms with Gasteiger partial charge in [-0.05, 0) is 29.1 Å². The van der Waals surface area contributed by atoms with Gasteiger partial charge in [0.2, 0.25) is 5.78 Å². The van der Waals surface area contributed by atoms with Crippen molar-refractivity contribution in [3.05, 3.63) is 69.4 Å². The highest BCUT2D eigenvalue weighted by Gasteiger charge is 2.44. The highest BCUT2D eigenvalue weighted by molar-refractivity contribution is 7.12. The zero-order chi connectivity index (χ0) is 20.4. The Labute approximate surface area is 171 Å². The van der Waals surface area contributed by atoms with Crippen molar-refractivity contribution in [1.82, 2.24) is 4.90 Å². The second-order valence-electron chi connectivity index (χ2n) is 7.13. The van der Waals surface area contributed by atoms with Gasteiger partial charge < -0.3 is 19.6 Å². The minimum atomic E-state index is -0.738. The second-order valence-corrected chi connectivity index (χ2v) is 8.08. The number of thiophene rings is 1. The van der Waals surface area contributed by atoms with E-state index in [1.54, 1.807) is 29.6 Å². The fourth-order valence-electron chi connectivity index (χ4n) is 3.84. The van der Waals surface area contributed by atoms with Crippen LogP contribution in [0.5, 0.6) is 0 Å². The van der Waals surface area contributed by atoms with E-state index in [2.05, 4.69) is 0 Å². The number of nitrogens with zero attached hydrogens (tertiary/aromatic N) is 1. The fourth-order valence-corrected chi connectivity index (χ4v) is 4.51. The van der Waals surface area contributed by atoms with Crippen molar-refractivity contribution >= 4 is 23.0 Å². The van der Waals surface area contributed by atoms with Crippen LogP contribution in [0.15, 0.2) is 53.1 Å². The Bertz CT molecular complexity index is 921. The van der Waals surface area contributed by atoms with E-state index in [-0.39, 0.29) is 11.4 Å². The Morgan fingerprint density at radius 3 is 2.62 bits per heavy atom. The van der Waals surface area contributed by atoms with E-state index < -0.39 is 23.5 Å². The number of nitrogens with one attached hydrogen (secondary N) is 1. The lowest BCUT2D eigenvalue weighted by Gasteiger charge is -2.30. The second kappa shape index (κ2) is 8.44. The van der Waals surface area contributed by atoms with Crippen LogP contribution in [0, 0.1) is 5.82 Å². The van der Waals surface area contributed by atoms with Gasteiger partial charge in [-0.1, -0.05) is 18.2 Å². The first-order chi connectivity index (χ1) is 14.1. The quantitative estimate of drug-likeness (QED) is 0.697. The van der Waals surface area contributed by atoms with Crippen LogP contribution in [0.4, 0.5) is 4.39 Å². The van der Waals surface area contributed by atoms with Gasteiger partial charge in [0.1, 0.15) is 18.9 Å². The van der Waals surface area contributed by atoms with Crippen LogP contribution in [0.2, 0.25) is 0 Å². The predicted octanol–water partition coefficient (Wildman–Crippen LogP) is 1.38. The summed E-state index contributed by atoms with van der Waals surface area (Å²) in [7, 11) is 0. The van der Waals surface area contributed by atoms with Crippen molar-refractivity contribution in [1.29, 1.82) is 0 Å². The van der Waals surface area contributed by atoms with Gasteiger partial charge in [-0.15, -0.1) is 11.3 Å². The van der Waals surface area contributed by atoms with Gasteiger partial charge >= 0.3 is 0 Å². The maximum atomic E-state index is 13.5. The number of Topliss-reactive ketones (excluding diaryl/α,β-unsaturated/α-hetero) is 1. The summed E-state index contributed by atoms with van der Waals surface area (Å²) in [6, 6.07) is 8.39. The molecule has 3 heterocycles. The number of aliphatic hydroxyl groups excluding tert-OH is 1. The lowest BCUT2D eigenvalue weighted by Crippen LogP contribution is -3.14. The van der Waals surface area contributed by atoms with Gasteiger partial charge in [-0.2, -0.15) is 0 Å². The van der Waals surface area contributed by atoms with Gasteiger partial charge in [0.05, 0.1) is 42.8 Å². The molecule has 1 saturated heterocycles. The number of halogens is 1. The summed E-state index contributed by atoms with van der Waals surface area (Å²) in [6.07, 6.45) is 0. The van der Waals surface area contributed by atoms with Crippen LogP contribution in [0.25, 0.3) is 0 Å². The van der Waals surface area contributed by atoms with E-state index in [9.17, 15) is 19.1 Å². The number of carbonyl (C=O) groups excluding carboxylic acids is 2. The number of aliphatic hydroxyl groups is 1. The number of carbonyl (C=O) groups is 2. The number of morpholine rings is 1. The van der Waals surface area contributed by atoms with E-state index in [0.717, 1.165) is 13.1 Å². The number of ketones is 1. The minimum absolute atomic E-state index is 0.0565. The Hall–Kier alpha value is -2.55. The number of quaternary nitrogens is 1. The molecule has 1 fully saturated rings. The summed E-state index contributed by atoms with van der Waals surface area (Å²) in [5, 5.41) is 12.4. The number of hydrogen-bond donors (Lipinski definition) is 2. The van der Waals surface area contributed by atoms with Crippen molar-refractivity contribution in [2.24, 2.45) is 0 Å². The summed E-state index contributed by atoms with van der Waals surface area (Å²) < 4.78 is 18.8. The normalized spacial score (nSPS) is 20.5. The van der Waals surface area contributed by atoms with Crippen molar-refractivity contribution in [2.75, 3.05) is 39.4 Å². The Morgan fingerprint density at radius 2 is 1.97 bits per heavy atom. The fraction of sp³-hybridized carbons (Fsp3) is 0.333. The van der Waals surface area contributed by atoms with Crippen LogP contribution in [-0.4, -0.2) is 61.1 Å². The zero-order valence-electron chi connectivity index (χ0n) is 15.8. The number of rotatable bonds is 6. The lowest BCUT2D eigenvalue weighted by atomic mass is 9.95. The molecule has 1 amide bonds. The zero-order valence-corrected chi connectivity index (χ0v) is 16.6. The molecule has 0 saturated carbocycles. The highest BCUT2D eigenvalue weighted by Crippen LogP contribution is 2.39. The summed E-state index contributed by atoms with van der Waals surface area (Å²) in [5.41, 5.74) is 0.654. The predicted molar refractivity (Wildman–Crippen MR) is 106 cm³/mol. The van der Waals surface area contributed by atoms with E-state index in [1.807, 2.05) is 0 Å². The average Bonchev–Trinajstić information content (AvgIpc) is 3.36. The molecule has 0 aliphatic carbocycles. The maximum Gasteiger partial charge on any atom is 0.290 e. The van der Waals surface area contributed by atoms with Gasteiger partial charge in [0.25, 0.3) is 5.91 Å². The number of ether oxygens (including phenoxy) is 1. The third-order valence-corrected chi connectivity index (χ3v) is 6.25. The van der Waals surface area contributed by atoms with E-state index in [0.29, 0.717) is 36.7 Å². The molecular formula is C21H22FN2O4S+. The third-order valence-electron chi connectivity index (χ3n) is 5.39. The average molecular weight is 417 g/mol. The van der Waals surface area contributed by atoms with E-state index in [1.165, 1.54) is 33.3 Å². The molecule has 4 rings (SSSR count). The first-order valence-corrected chi connectivity index (χ1v) is 10.4. The molecule has 2 aromatic rings. The van der Waals surface area contributed by atoms with Crippen LogP contribution >= 0.6 is 11.3 Å². The summed E-state index contributed by atoms with van der Waals surface area (Å²) in [4.78, 5) is 29.2. The van der Waals surface area contributed by atoms with Crippen molar-refractivity contribution < 1.29 is 28.7 Å². The Kier molecular flexibility index (Phi) is 5.75. The number of benzene rings is 1. The van der Waals surface area contributed by atoms with E-state index >= 15 is 0 Å². The first kappa shape index (κ1) is 19.8. The Morgan fingerprint density at radius 1 is 1.24 bits per heavy atom. The number of amides is 1. The molecule has 1 atom stereocenters. The monoisotopic (exact) mass is 417 g/mol. The number of hydrogen-bond acceptors (Lipinski definition) is 5. The maximum absolute atomic E-state index is 13.5. The van der Waals surface area contributed by atoms with Gasteiger partial charge in [-0.25, -0.2) is 4.39 Å². The molecule has 1 aromatic carbocycles. The molecule has 1 aromatic heterocycles. The largest absolute Gasteiger partial charge is 0.503 e. The summed E-state index contributed by atoms with van der Waals surface area (Å²) >= 11 is 1.26. The molecule has 0 bridgehead atoms. The SMILES string of the molecule is O=C(C1=C(O)C(=O)N(CC[NH+]2CCOCC2)[C@H]1c1ccc(F)cc1)c1cccs1. The van der Waals surface area contributed by atoms with Crippen LogP contribution in [0.1, 0.15) is 21.3 Å². The first-order valence-electron chi connectivity index (χ1n) is 9.55. The van der Waals surface area contributed by atoms with Crippen molar-refractivity contribution in [3.8, 4) is 0 Å². The summed E-state index contributed by atoms with van der Waals surface area (Å²) in [5.74, 6) is -1.86. The van der Waals surface area contributed by atoms with E-state index in [4.69, 9.17) is 4.74 Å². The molecule has 2 N–H and O–H groups in total. The van der Waals surface area contributed by atoms with Crippen LogP contribution < -0.4 is 4.90 Å².